The van der Waals surface area contributed by atoms with Crippen LogP contribution in [0.1, 0.15) is 12.1 Å². The van der Waals surface area contributed by atoms with Crippen molar-refractivity contribution in [2.24, 2.45) is 0 Å². The Morgan fingerprint density at radius 3 is 2.76 bits per heavy atom. The number of nitriles is 1. The Balaban J connectivity index is 1.89. The van der Waals surface area contributed by atoms with Gasteiger partial charge in [-0.25, -0.2) is 9.97 Å². The lowest BCUT2D eigenvalue weighted by molar-refractivity contribution is 0.262. The Morgan fingerprint density at radius 2 is 2.12 bits per heavy atom. The number of aromatic nitrogens is 2. The number of aryl methyl sites for hydroxylation is 1. The van der Waals surface area contributed by atoms with Gasteiger partial charge in [-0.15, -0.1) is 0 Å². The van der Waals surface area contributed by atoms with Gasteiger partial charge in [0.15, 0.2) is 0 Å². The van der Waals surface area contributed by atoms with Crippen molar-refractivity contribution in [3.05, 3.63) is 18.0 Å². The van der Waals surface area contributed by atoms with Crippen molar-refractivity contribution < 1.29 is 0 Å². The molecule has 0 bridgehead atoms. The number of hydrogen-bond donors (Lipinski definition) is 0. The molecule has 1 aliphatic rings. The van der Waals surface area contributed by atoms with E-state index in [1.54, 1.807) is 6.20 Å². The van der Waals surface area contributed by atoms with Gasteiger partial charge in [-0.05, 0) is 13.0 Å². The summed E-state index contributed by atoms with van der Waals surface area (Å²) in [5, 5.41) is 8.55. The van der Waals surface area contributed by atoms with Crippen LogP contribution in [0.3, 0.4) is 0 Å². The van der Waals surface area contributed by atoms with Crippen LogP contribution in [0.15, 0.2) is 12.3 Å². The van der Waals surface area contributed by atoms with Gasteiger partial charge in [0.05, 0.1) is 6.07 Å². The largest absolute Gasteiger partial charge is 0.338 e. The molecule has 1 aliphatic heterocycles. The molecule has 1 aromatic rings. The van der Waals surface area contributed by atoms with E-state index in [1.807, 2.05) is 13.0 Å². The number of piperazine rings is 1. The molecule has 5 heteroatoms. The van der Waals surface area contributed by atoms with Crippen LogP contribution >= 0.6 is 0 Å². The first-order valence-corrected chi connectivity index (χ1v) is 5.93. The molecule has 0 radical (unpaired) electrons. The van der Waals surface area contributed by atoms with Gasteiger partial charge in [-0.2, -0.15) is 5.26 Å². The molecule has 1 saturated heterocycles. The Morgan fingerprint density at radius 1 is 1.35 bits per heavy atom. The molecule has 5 nitrogen and oxygen atoms in total. The number of nitrogens with zero attached hydrogens (tertiary/aromatic N) is 5. The molecule has 2 rings (SSSR count). The van der Waals surface area contributed by atoms with Crippen LogP contribution in [0, 0.1) is 18.3 Å². The van der Waals surface area contributed by atoms with E-state index < -0.39 is 0 Å². The molecule has 0 aliphatic carbocycles. The molecular weight excluding hydrogens is 214 g/mol. The predicted molar refractivity (Wildman–Crippen MR) is 65.7 cm³/mol. The monoisotopic (exact) mass is 231 g/mol. The van der Waals surface area contributed by atoms with Gasteiger partial charge in [0.1, 0.15) is 0 Å². The summed E-state index contributed by atoms with van der Waals surface area (Å²) in [7, 11) is 0. The van der Waals surface area contributed by atoms with Crippen LogP contribution in [0.4, 0.5) is 5.95 Å². The van der Waals surface area contributed by atoms with Gasteiger partial charge in [-0.3, -0.25) is 4.90 Å². The molecular formula is C12H17N5. The highest BCUT2D eigenvalue weighted by atomic mass is 15.3. The average molecular weight is 231 g/mol. The summed E-state index contributed by atoms with van der Waals surface area (Å²) in [6, 6.07) is 4.09. The number of rotatable bonds is 3. The maximum atomic E-state index is 8.55. The average Bonchev–Trinajstić information content (AvgIpc) is 2.37. The fourth-order valence-electron chi connectivity index (χ4n) is 1.97. The molecule has 0 aromatic carbocycles. The first kappa shape index (κ1) is 11.8. The fourth-order valence-corrected chi connectivity index (χ4v) is 1.97. The fraction of sp³-hybridized carbons (Fsp3) is 0.583. The highest BCUT2D eigenvalue weighted by molar-refractivity contribution is 5.30. The lowest BCUT2D eigenvalue weighted by atomic mass is 10.3. The van der Waals surface area contributed by atoms with Crippen molar-refractivity contribution in [3.63, 3.8) is 0 Å². The van der Waals surface area contributed by atoms with Crippen LogP contribution in [0.5, 0.6) is 0 Å². The molecule has 0 unspecified atom stereocenters. The molecule has 90 valence electrons. The van der Waals surface area contributed by atoms with Gasteiger partial charge in [-0.1, -0.05) is 0 Å². The van der Waals surface area contributed by atoms with E-state index in [4.69, 9.17) is 5.26 Å². The topological polar surface area (TPSA) is 56.1 Å². The highest BCUT2D eigenvalue weighted by Gasteiger charge is 2.18. The molecule has 2 heterocycles. The minimum Gasteiger partial charge on any atom is -0.338 e. The van der Waals surface area contributed by atoms with E-state index in [2.05, 4.69) is 25.8 Å². The van der Waals surface area contributed by atoms with Gasteiger partial charge in [0.25, 0.3) is 0 Å². The minimum atomic E-state index is 0.612. The molecule has 17 heavy (non-hydrogen) atoms. The summed E-state index contributed by atoms with van der Waals surface area (Å²) in [5.41, 5.74) is 1.00. The predicted octanol–water partition coefficient (Wildman–Crippen LogP) is 0.821. The Labute approximate surface area is 102 Å². The van der Waals surface area contributed by atoms with E-state index in [0.29, 0.717) is 6.42 Å². The Kier molecular flexibility index (Phi) is 3.89. The van der Waals surface area contributed by atoms with E-state index in [0.717, 1.165) is 44.4 Å². The summed E-state index contributed by atoms with van der Waals surface area (Å²) in [6.45, 7) is 6.70. The maximum absolute atomic E-state index is 8.55. The number of anilines is 1. The van der Waals surface area contributed by atoms with Crippen molar-refractivity contribution in [1.82, 2.24) is 14.9 Å². The van der Waals surface area contributed by atoms with E-state index in [9.17, 15) is 0 Å². The van der Waals surface area contributed by atoms with Crippen LogP contribution in [-0.4, -0.2) is 47.6 Å². The van der Waals surface area contributed by atoms with Crippen molar-refractivity contribution in [2.75, 3.05) is 37.6 Å². The standard InChI is InChI=1S/C12H17N5/c1-11-3-5-14-12(15-11)17-9-7-16(8-10-17)6-2-4-13/h3,5H,2,6-10H2,1H3. The van der Waals surface area contributed by atoms with Crippen molar-refractivity contribution in [3.8, 4) is 6.07 Å². The van der Waals surface area contributed by atoms with Crippen LogP contribution < -0.4 is 4.90 Å². The van der Waals surface area contributed by atoms with Crippen molar-refractivity contribution in [2.45, 2.75) is 13.3 Å². The smallest absolute Gasteiger partial charge is 0.225 e. The molecule has 0 N–H and O–H groups in total. The molecule has 1 aromatic heterocycles. The first-order valence-electron chi connectivity index (χ1n) is 5.93. The Hall–Kier alpha value is -1.67. The van der Waals surface area contributed by atoms with Crippen LogP contribution in [0.2, 0.25) is 0 Å². The second kappa shape index (κ2) is 5.60. The quantitative estimate of drug-likeness (QED) is 0.771. The van der Waals surface area contributed by atoms with Gasteiger partial charge in [0, 0.05) is 51.0 Å². The summed E-state index contributed by atoms with van der Waals surface area (Å²) in [4.78, 5) is 13.2. The third-order valence-electron chi connectivity index (χ3n) is 2.98. The lowest BCUT2D eigenvalue weighted by Gasteiger charge is -2.34. The second-order valence-electron chi connectivity index (χ2n) is 4.23. The lowest BCUT2D eigenvalue weighted by Crippen LogP contribution is -2.47. The molecule has 1 fully saturated rings. The third kappa shape index (κ3) is 3.14. The van der Waals surface area contributed by atoms with Crippen LogP contribution in [0.25, 0.3) is 0 Å². The third-order valence-corrected chi connectivity index (χ3v) is 2.98. The summed E-state index contributed by atoms with van der Waals surface area (Å²) in [6.07, 6.45) is 2.42. The molecule has 0 saturated carbocycles. The highest BCUT2D eigenvalue weighted by Crippen LogP contribution is 2.10. The summed E-state index contributed by atoms with van der Waals surface area (Å²) >= 11 is 0. The van der Waals surface area contributed by atoms with Gasteiger partial charge >= 0.3 is 0 Å². The summed E-state index contributed by atoms with van der Waals surface area (Å²) in [5.74, 6) is 0.824. The first-order chi connectivity index (χ1) is 8.29. The maximum Gasteiger partial charge on any atom is 0.225 e. The molecule has 0 spiro atoms. The van der Waals surface area contributed by atoms with Gasteiger partial charge in [0.2, 0.25) is 5.95 Å². The normalized spacial score (nSPS) is 16.8. The summed E-state index contributed by atoms with van der Waals surface area (Å²) < 4.78 is 0. The van der Waals surface area contributed by atoms with E-state index >= 15 is 0 Å². The van der Waals surface area contributed by atoms with Crippen LogP contribution in [-0.2, 0) is 0 Å². The molecule has 0 atom stereocenters. The van der Waals surface area contributed by atoms with Crippen molar-refractivity contribution >= 4 is 5.95 Å². The molecule has 0 amide bonds. The minimum absolute atomic E-state index is 0.612. The zero-order valence-electron chi connectivity index (χ0n) is 10.1. The van der Waals surface area contributed by atoms with E-state index in [1.165, 1.54) is 0 Å². The van der Waals surface area contributed by atoms with Gasteiger partial charge < -0.3 is 4.90 Å². The van der Waals surface area contributed by atoms with E-state index in [-0.39, 0.29) is 0 Å². The SMILES string of the molecule is Cc1ccnc(N2CCN(CCC#N)CC2)n1. The van der Waals surface area contributed by atoms with Crippen molar-refractivity contribution in [1.29, 1.82) is 5.26 Å². The Bertz CT molecular complexity index is 404. The number of hydrogen-bond acceptors (Lipinski definition) is 5. The zero-order valence-corrected chi connectivity index (χ0v) is 10.1. The zero-order chi connectivity index (χ0) is 12.1. The second-order valence-corrected chi connectivity index (χ2v) is 4.23.